The van der Waals surface area contributed by atoms with Gasteiger partial charge in [-0.15, -0.1) is 0 Å². The van der Waals surface area contributed by atoms with E-state index < -0.39 is 17.5 Å². The molecular weight excluding hydrogens is 355 g/mol. The molecule has 1 saturated carbocycles. The number of halogens is 3. The number of pyridine rings is 1. The maximum absolute atomic E-state index is 12.9. The number of nitrogen functional groups attached to an aromatic ring is 1. The first-order chi connectivity index (χ1) is 12.5. The van der Waals surface area contributed by atoms with Crippen LogP contribution in [0.4, 0.5) is 19.0 Å². The Morgan fingerprint density at radius 1 is 1.37 bits per heavy atom. The van der Waals surface area contributed by atoms with Crippen molar-refractivity contribution in [1.82, 2.24) is 4.98 Å². The van der Waals surface area contributed by atoms with E-state index in [9.17, 15) is 18.3 Å². The molecule has 1 aliphatic rings. The molecular formula is C20H22F3N3O. The zero-order valence-electron chi connectivity index (χ0n) is 15.4. The first-order valence-electron chi connectivity index (χ1n) is 8.76. The molecule has 1 aromatic carbocycles. The fourth-order valence-electron chi connectivity index (χ4n) is 3.17. The van der Waals surface area contributed by atoms with Gasteiger partial charge in [0.05, 0.1) is 17.3 Å². The molecule has 0 saturated heterocycles. The van der Waals surface area contributed by atoms with Gasteiger partial charge >= 0.3 is 6.18 Å². The molecule has 1 aromatic heterocycles. The summed E-state index contributed by atoms with van der Waals surface area (Å²) in [6.07, 6.45) is -0.724. The number of anilines is 1. The van der Waals surface area contributed by atoms with Gasteiger partial charge in [-0.05, 0) is 55.0 Å². The molecule has 0 amide bonds. The number of aliphatic imine (C=N–C) groups is 1. The number of phenolic OH excluding ortho intramolecular Hbond substituents is 1. The Morgan fingerprint density at radius 3 is 2.59 bits per heavy atom. The Balaban J connectivity index is 1.89. The SMILES string of the molecule is CCC1(C)CC1N=Cc1ccc(-c2c(C)cc(C(F)(F)F)cc2O)nc1N. The monoisotopic (exact) mass is 377 g/mol. The normalized spacial score (nSPS) is 22.4. The molecule has 0 spiro atoms. The van der Waals surface area contributed by atoms with E-state index >= 15 is 0 Å². The van der Waals surface area contributed by atoms with Crippen LogP contribution in [0.3, 0.4) is 0 Å². The fourth-order valence-corrected chi connectivity index (χ4v) is 3.17. The summed E-state index contributed by atoms with van der Waals surface area (Å²) in [5.74, 6) is -0.263. The minimum Gasteiger partial charge on any atom is -0.507 e. The summed E-state index contributed by atoms with van der Waals surface area (Å²) in [6.45, 7) is 5.82. The summed E-state index contributed by atoms with van der Waals surface area (Å²) in [7, 11) is 0. The third-order valence-corrected chi connectivity index (χ3v) is 5.36. The van der Waals surface area contributed by atoms with Crippen molar-refractivity contribution in [2.45, 2.75) is 45.8 Å². The third kappa shape index (κ3) is 3.77. The van der Waals surface area contributed by atoms with Gasteiger partial charge in [0.2, 0.25) is 0 Å². The molecule has 0 radical (unpaired) electrons. The average Bonchev–Trinajstić information content (AvgIpc) is 3.23. The molecule has 2 unspecified atom stereocenters. The van der Waals surface area contributed by atoms with E-state index in [1.165, 1.54) is 6.92 Å². The van der Waals surface area contributed by atoms with E-state index in [1.54, 1.807) is 18.3 Å². The van der Waals surface area contributed by atoms with Crippen molar-refractivity contribution in [2.24, 2.45) is 10.4 Å². The summed E-state index contributed by atoms with van der Waals surface area (Å²) in [4.78, 5) is 8.80. The molecule has 0 bridgehead atoms. The molecule has 144 valence electrons. The van der Waals surface area contributed by atoms with Crippen molar-refractivity contribution in [2.75, 3.05) is 5.73 Å². The second kappa shape index (κ2) is 6.55. The smallest absolute Gasteiger partial charge is 0.416 e. The molecule has 0 aliphatic heterocycles. The fraction of sp³-hybridized carbons (Fsp3) is 0.400. The number of hydrogen-bond acceptors (Lipinski definition) is 4. The molecule has 27 heavy (non-hydrogen) atoms. The lowest BCUT2D eigenvalue weighted by molar-refractivity contribution is -0.137. The maximum Gasteiger partial charge on any atom is 0.416 e. The van der Waals surface area contributed by atoms with Gasteiger partial charge in [0, 0.05) is 17.3 Å². The van der Waals surface area contributed by atoms with Crippen molar-refractivity contribution in [3.05, 3.63) is 41.0 Å². The number of aromatic nitrogens is 1. The molecule has 7 heteroatoms. The van der Waals surface area contributed by atoms with Crippen LogP contribution in [0.2, 0.25) is 0 Å². The van der Waals surface area contributed by atoms with Gasteiger partial charge in [0.1, 0.15) is 11.6 Å². The van der Waals surface area contributed by atoms with Gasteiger partial charge in [0.15, 0.2) is 0 Å². The summed E-state index contributed by atoms with van der Waals surface area (Å²) in [5, 5.41) is 10.1. The summed E-state index contributed by atoms with van der Waals surface area (Å²) < 4.78 is 38.6. The largest absolute Gasteiger partial charge is 0.507 e. The molecule has 1 heterocycles. The van der Waals surface area contributed by atoms with Crippen molar-refractivity contribution < 1.29 is 18.3 Å². The lowest BCUT2D eigenvalue weighted by Crippen LogP contribution is -2.06. The highest BCUT2D eigenvalue weighted by Gasteiger charge is 2.48. The van der Waals surface area contributed by atoms with Gasteiger partial charge < -0.3 is 10.8 Å². The third-order valence-electron chi connectivity index (χ3n) is 5.36. The summed E-state index contributed by atoms with van der Waals surface area (Å²) in [6, 6.07) is 5.31. The number of aryl methyl sites for hydroxylation is 1. The topological polar surface area (TPSA) is 71.5 Å². The van der Waals surface area contributed by atoms with Crippen LogP contribution in [-0.4, -0.2) is 22.3 Å². The van der Waals surface area contributed by atoms with E-state index in [4.69, 9.17) is 5.73 Å². The van der Waals surface area contributed by atoms with Crippen LogP contribution < -0.4 is 5.73 Å². The first kappa shape index (κ1) is 19.2. The van der Waals surface area contributed by atoms with Gasteiger partial charge in [0.25, 0.3) is 0 Å². The number of hydrogen-bond donors (Lipinski definition) is 2. The number of rotatable bonds is 4. The van der Waals surface area contributed by atoms with Crippen molar-refractivity contribution >= 4 is 12.0 Å². The molecule has 2 aromatic rings. The summed E-state index contributed by atoms with van der Waals surface area (Å²) >= 11 is 0. The van der Waals surface area contributed by atoms with Crippen LogP contribution in [0, 0.1) is 12.3 Å². The van der Waals surface area contributed by atoms with Crippen molar-refractivity contribution in [3.63, 3.8) is 0 Å². The Hall–Kier alpha value is -2.57. The highest BCUT2D eigenvalue weighted by atomic mass is 19.4. The van der Waals surface area contributed by atoms with Crippen LogP contribution in [0.5, 0.6) is 5.75 Å². The predicted octanol–water partition coefficient (Wildman–Crippen LogP) is 4.97. The highest BCUT2D eigenvalue weighted by molar-refractivity contribution is 5.87. The Labute approximate surface area is 156 Å². The van der Waals surface area contributed by atoms with E-state index in [0.29, 0.717) is 17.3 Å². The van der Waals surface area contributed by atoms with E-state index in [1.807, 2.05) is 0 Å². The number of aromatic hydroxyl groups is 1. The number of phenols is 1. The number of benzene rings is 1. The van der Waals surface area contributed by atoms with Gasteiger partial charge in [-0.3, -0.25) is 4.99 Å². The van der Waals surface area contributed by atoms with Crippen LogP contribution in [0.25, 0.3) is 11.3 Å². The van der Waals surface area contributed by atoms with Crippen molar-refractivity contribution in [1.29, 1.82) is 0 Å². The molecule has 1 fully saturated rings. The highest BCUT2D eigenvalue weighted by Crippen LogP contribution is 2.50. The predicted molar refractivity (Wildman–Crippen MR) is 99.9 cm³/mol. The zero-order chi connectivity index (χ0) is 20.0. The molecule has 1 aliphatic carbocycles. The second-order valence-electron chi connectivity index (χ2n) is 7.36. The van der Waals surface area contributed by atoms with Crippen LogP contribution in [0.1, 0.15) is 43.4 Å². The van der Waals surface area contributed by atoms with E-state index in [2.05, 4.69) is 23.8 Å². The quantitative estimate of drug-likeness (QED) is 0.739. The number of alkyl halides is 3. The first-order valence-corrected chi connectivity index (χ1v) is 8.76. The molecule has 2 atom stereocenters. The zero-order valence-corrected chi connectivity index (χ0v) is 15.4. The number of nitrogens with two attached hydrogens (primary N) is 1. The lowest BCUT2D eigenvalue weighted by atomic mass is 10.00. The standard InChI is InChI=1S/C20H22F3N3O/c1-4-19(3)9-16(19)25-10-12-5-6-14(26-18(12)24)17-11(2)7-13(8-15(17)27)20(21,22)23/h5-8,10,16,27H,4,9H2,1-3H3,(H2,24,26). The van der Waals surface area contributed by atoms with Gasteiger partial charge in [-0.25, -0.2) is 4.98 Å². The minimum atomic E-state index is -4.52. The van der Waals surface area contributed by atoms with E-state index in [-0.39, 0.29) is 28.4 Å². The average molecular weight is 377 g/mol. The Kier molecular flexibility index (Phi) is 4.66. The van der Waals surface area contributed by atoms with Crippen molar-refractivity contribution in [3.8, 4) is 17.0 Å². The number of nitrogens with zero attached hydrogens (tertiary/aromatic N) is 2. The minimum absolute atomic E-state index is 0.216. The van der Waals surface area contributed by atoms with Gasteiger partial charge in [-0.1, -0.05) is 13.8 Å². The Bertz CT molecular complexity index is 885. The van der Waals surface area contributed by atoms with Crippen LogP contribution in [0.15, 0.2) is 29.3 Å². The summed E-state index contributed by atoms with van der Waals surface area (Å²) in [5.41, 5.74) is 6.82. The second-order valence-corrected chi connectivity index (χ2v) is 7.36. The molecule has 3 rings (SSSR count). The molecule has 4 nitrogen and oxygen atoms in total. The van der Waals surface area contributed by atoms with Crippen LogP contribution >= 0.6 is 0 Å². The molecule has 3 N–H and O–H groups in total. The Morgan fingerprint density at radius 2 is 2.07 bits per heavy atom. The lowest BCUT2D eigenvalue weighted by Gasteiger charge is -2.13. The van der Waals surface area contributed by atoms with Gasteiger partial charge in [-0.2, -0.15) is 13.2 Å². The van der Waals surface area contributed by atoms with E-state index in [0.717, 1.165) is 18.9 Å². The van der Waals surface area contributed by atoms with Crippen LogP contribution in [-0.2, 0) is 6.18 Å². The maximum atomic E-state index is 12.9.